The molecule has 1 unspecified atom stereocenters. The molecule has 1 fully saturated rings. The Labute approximate surface area is 162 Å². The van der Waals surface area contributed by atoms with Crippen molar-refractivity contribution < 1.29 is 13.2 Å². The van der Waals surface area contributed by atoms with Crippen LogP contribution in [0.2, 0.25) is 0 Å². The molecular formula is C20H29N3O3S. The largest absolute Gasteiger partial charge is 0.497 e. The van der Waals surface area contributed by atoms with Gasteiger partial charge in [-0.1, -0.05) is 13.0 Å². The normalized spacial score (nSPS) is 18.6. The summed E-state index contributed by atoms with van der Waals surface area (Å²) in [5.41, 5.74) is 1.17. The molecule has 3 rings (SSSR count). The number of aromatic nitrogens is 2. The molecule has 6 nitrogen and oxygen atoms in total. The van der Waals surface area contributed by atoms with Crippen LogP contribution in [0.5, 0.6) is 5.75 Å². The number of hydrogen-bond donors (Lipinski definition) is 0. The van der Waals surface area contributed by atoms with Crippen molar-refractivity contribution in [2.24, 2.45) is 5.92 Å². The average molecular weight is 392 g/mol. The zero-order valence-corrected chi connectivity index (χ0v) is 17.2. The second-order valence-electron chi connectivity index (χ2n) is 7.22. The fraction of sp³-hybridized carbons (Fsp3) is 0.550. The van der Waals surface area contributed by atoms with Gasteiger partial charge >= 0.3 is 0 Å². The molecule has 0 bridgehead atoms. The van der Waals surface area contributed by atoms with E-state index in [0.29, 0.717) is 23.7 Å². The first-order valence-corrected chi connectivity index (χ1v) is 11.0. The van der Waals surface area contributed by atoms with E-state index < -0.39 is 10.0 Å². The first-order chi connectivity index (χ1) is 13.0. The van der Waals surface area contributed by atoms with Crippen molar-refractivity contribution in [2.45, 2.75) is 51.0 Å². The Morgan fingerprint density at radius 2 is 2.15 bits per heavy atom. The van der Waals surface area contributed by atoms with Crippen molar-refractivity contribution in [3.63, 3.8) is 0 Å². The molecule has 0 amide bonds. The molecule has 0 saturated carbocycles. The van der Waals surface area contributed by atoms with E-state index in [2.05, 4.69) is 23.4 Å². The molecular weight excluding hydrogens is 362 g/mol. The van der Waals surface area contributed by atoms with Gasteiger partial charge in [-0.2, -0.15) is 4.31 Å². The molecule has 0 spiro atoms. The summed E-state index contributed by atoms with van der Waals surface area (Å²) in [6, 6.07) is 6.71. The van der Waals surface area contributed by atoms with Gasteiger partial charge in [-0.15, -0.1) is 0 Å². The summed E-state index contributed by atoms with van der Waals surface area (Å²) < 4.78 is 35.2. The maximum Gasteiger partial charge on any atom is 0.243 e. The van der Waals surface area contributed by atoms with Gasteiger partial charge in [0.1, 0.15) is 11.6 Å². The van der Waals surface area contributed by atoms with E-state index in [9.17, 15) is 8.42 Å². The third-order valence-electron chi connectivity index (χ3n) is 5.22. The lowest BCUT2D eigenvalue weighted by Gasteiger charge is -2.32. The van der Waals surface area contributed by atoms with Gasteiger partial charge in [0.25, 0.3) is 0 Å². The number of imidazole rings is 1. The van der Waals surface area contributed by atoms with Crippen LogP contribution in [0.4, 0.5) is 0 Å². The van der Waals surface area contributed by atoms with E-state index in [4.69, 9.17) is 4.74 Å². The predicted octanol–water partition coefficient (Wildman–Crippen LogP) is 3.25. The molecule has 27 heavy (non-hydrogen) atoms. The van der Waals surface area contributed by atoms with Crippen LogP contribution >= 0.6 is 0 Å². The number of methoxy groups -OCH3 is 1. The number of ether oxygens (including phenoxy) is 1. The highest BCUT2D eigenvalue weighted by Crippen LogP contribution is 2.27. The zero-order valence-electron chi connectivity index (χ0n) is 16.4. The van der Waals surface area contributed by atoms with Crippen molar-refractivity contribution in [2.75, 3.05) is 20.2 Å². The van der Waals surface area contributed by atoms with Gasteiger partial charge in [-0.3, -0.25) is 0 Å². The summed E-state index contributed by atoms with van der Waals surface area (Å²) in [6.07, 6.45) is 5.70. The number of nitrogens with zero attached hydrogens (tertiary/aromatic N) is 3. The zero-order chi connectivity index (χ0) is 19.4. The summed E-state index contributed by atoms with van der Waals surface area (Å²) in [5, 5.41) is 0. The smallest absolute Gasteiger partial charge is 0.243 e. The number of rotatable bonds is 7. The van der Waals surface area contributed by atoms with E-state index in [1.807, 2.05) is 6.20 Å². The summed E-state index contributed by atoms with van der Waals surface area (Å²) in [4.78, 5) is 4.87. The lowest BCUT2D eigenvalue weighted by atomic mass is 9.96. The molecule has 1 aliphatic rings. The molecule has 1 aliphatic heterocycles. The molecule has 0 N–H and O–H groups in total. The SMILES string of the molecule is CCCn1c(C)cnc1CC1CCCN(S(=O)(=O)c2cccc(OC)c2)C1. The number of hydrogen-bond acceptors (Lipinski definition) is 4. The van der Waals surface area contributed by atoms with Gasteiger partial charge in [-0.05, 0) is 44.2 Å². The number of benzene rings is 1. The standard InChI is InChI=1S/C20H29N3O3S/c1-4-10-23-16(2)14-21-20(23)12-17-7-6-11-22(15-17)27(24,25)19-9-5-8-18(13-19)26-3/h5,8-9,13-14,17H,4,6-7,10-12,15H2,1-3H3. The lowest BCUT2D eigenvalue weighted by Crippen LogP contribution is -2.40. The molecule has 7 heteroatoms. The van der Waals surface area contributed by atoms with Crippen molar-refractivity contribution in [1.29, 1.82) is 0 Å². The Hall–Kier alpha value is -1.86. The van der Waals surface area contributed by atoms with Gasteiger partial charge in [0.15, 0.2) is 0 Å². The minimum absolute atomic E-state index is 0.288. The maximum absolute atomic E-state index is 13.1. The van der Waals surface area contributed by atoms with Crippen LogP contribution in [-0.2, 0) is 23.0 Å². The highest BCUT2D eigenvalue weighted by molar-refractivity contribution is 7.89. The molecule has 0 radical (unpaired) electrons. The van der Waals surface area contributed by atoms with E-state index >= 15 is 0 Å². The lowest BCUT2D eigenvalue weighted by molar-refractivity contribution is 0.261. The summed E-state index contributed by atoms with van der Waals surface area (Å²) in [6.45, 7) is 6.30. The van der Waals surface area contributed by atoms with Crippen molar-refractivity contribution in [1.82, 2.24) is 13.9 Å². The van der Waals surface area contributed by atoms with Crippen LogP contribution in [0, 0.1) is 12.8 Å². The number of piperidine rings is 1. The second kappa shape index (κ2) is 8.44. The first-order valence-electron chi connectivity index (χ1n) is 9.61. The molecule has 1 atom stereocenters. The summed E-state index contributed by atoms with van der Waals surface area (Å²) in [7, 11) is -1.96. The van der Waals surface area contributed by atoms with Crippen molar-refractivity contribution in [3.05, 3.63) is 42.0 Å². The third-order valence-corrected chi connectivity index (χ3v) is 7.08. The minimum Gasteiger partial charge on any atom is -0.497 e. The van der Waals surface area contributed by atoms with Gasteiger partial charge in [0, 0.05) is 44.0 Å². The monoisotopic (exact) mass is 391 g/mol. The number of sulfonamides is 1. The van der Waals surface area contributed by atoms with E-state index in [-0.39, 0.29) is 5.92 Å². The van der Waals surface area contributed by atoms with Gasteiger partial charge in [-0.25, -0.2) is 13.4 Å². The van der Waals surface area contributed by atoms with E-state index in [1.165, 1.54) is 5.69 Å². The molecule has 1 aromatic carbocycles. The van der Waals surface area contributed by atoms with Gasteiger partial charge in [0.2, 0.25) is 10.0 Å². The predicted molar refractivity (Wildman–Crippen MR) is 105 cm³/mol. The van der Waals surface area contributed by atoms with Crippen molar-refractivity contribution >= 4 is 10.0 Å². The van der Waals surface area contributed by atoms with Crippen LogP contribution in [-0.4, -0.2) is 42.5 Å². The Bertz CT molecular complexity index is 876. The third kappa shape index (κ3) is 4.35. The van der Waals surface area contributed by atoms with E-state index in [1.54, 1.807) is 35.7 Å². The molecule has 0 aliphatic carbocycles. The topological polar surface area (TPSA) is 64.4 Å². The van der Waals surface area contributed by atoms with E-state index in [0.717, 1.165) is 38.1 Å². The minimum atomic E-state index is -3.51. The molecule has 148 valence electrons. The average Bonchev–Trinajstić information content (AvgIpc) is 3.02. The fourth-order valence-electron chi connectivity index (χ4n) is 3.78. The molecule has 1 aromatic heterocycles. The summed E-state index contributed by atoms with van der Waals surface area (Å²) in [5.74, 6) is 1.92. The highest BCUT2D eigenvalue weighted by atomic mass is 32.2. The second-order valence-corrected chi connectivity index (χ2v) is 9.16. The Morgan fingerprint density at radius 3 is 2.89 bits per heavy atom. The highest BCUT2D eigenvalue weighted by Gasteiger charge is 2.31. The Kier molecular flexibility index (Phi) is 6.22. The first kappa shape index (κ1) is 19.9. The van der Waals surface area contributed by atoms with Gasteiger partial charge in [0.05, 0.1) is 12.0 Å². The van der Waals surface area contributed by atoms with Crippen LogP contribution in [0.1, 0.15) is 37.7 Å². The van der Waals surface area contributed by atoms with Crippen LogP contribution in [0.3, 0.4) is 0 Å². The molecule has 2 aromatic rings. The quantitative estimate of drug-likeness (QED) is 0.727. The molecule has 2 heterocycles. The van der Waals surface area contributed by atoms with Crippen molar-refractivity contribution in [3.8, 4) is 5.75 Å². The Balaban J connectivity index is 1.75. The summed E-state index contributed by atoms with van der Waals surface area (Å²) >= 11 is 0. The maximum atomic E-state index is 13.1. The molecule has 1 saturated heterocycles. The Morgan fingerprint density at radius 1 is 1.33 bits per heavy atom. The fourth-order valence-corrected chi connectivity index (χ4v) is 5.37. The number of aryl methyl sites for hydroxylation is 1. The van der Waals surface area contributed by atoms with Crippen LogP contribution < -0.4 is 4.74 Å². The van der Waals surface area contributed by atoms with Crippen LogP contribution in [0.25, 0.3) is 0 Å². The van der Waals surface area contributed by atoms with Crippen LogP contribution in [0.15, 0.2) is 35.4 Å². The van der Waals surface area contributed by atoms with Gasteiger partial charge < -0.3 is 9.30 Å².